The Morgan fingerprint density at radius 1 is 1.21 bits per heavy atom. The van der Waals surface area contributed by atoms with Crippen LogP contribution in [0.2, 0.25) is 0 Å². The van der Waals surface area contributed by atoms with Crippen LogP contribution in [-0.4, -0.2) is 31.0 Å². The fourth-order valence-electron chi connectivity index (χ4n) is 2.53. The molecule has 124 valence electrons. The van der Waals surface area contributed by atoms with Crippen molar-refractivity contribution in [2.75, 3.05) is 23.3 Å². The molecule has 0 saturated heterocycles. The molecule has 1 heterocycles. The van der Waals surface area contributed by atoms with E-state index in [2.05, 4.69) is 21.2 Å². The van der Waals surface area contributed by atoms with Gasteiger partial charge >= 0.3 is 0 Å². The quantitative estimate of drug-likeness (QED) is 0.838. The lowest BCUT2D eigenvalue weighted by Crippen LogP contribution is -2.49. The van der Waals surface area contributed by atoms with Crippen LogP contribution in [-0.2, 0) is 9.59 Å². The van der Waals surface area contributed by atoms with Crippen LogP contribution in [0.3, 0.4) is 0 Å². The predicted molar refractivity (Wildman–Crippen MR) is 95.0 cm³/mol. The number of amides is 2. The first kappa shape index (κ1) is 16.3. The number of fused-ring (bicyclic) bond motifs is 1. The maximum absolute atomic E-state index is 12.4. The molecule has 2 amide bonds. The minimum Gasteiger partial charge on any atom is -0.477 e. The van der Waals surface area contributed by atoms with Crippen molar-refractivity contribution < 1.29 is 14.3 Å². The topological polar surface area (TPSA) is 84.7 Å². The third-order valence-electron chi connectivity index (χ3n) is 3.66. The average molecular weight is 390 g/mol. The monoisotopic (exact) mass is 389 g/mol. The minimum absolute atomic E-state index is 0.0888. The standard InChI is InChI=1S/C17H16BrN3O3/c18-11-5-1-2-6-12(11)20-16(22)10-21-9-15(17(19)23)24-14-8-4-3-7-13(14)21/h1-8,15H,9-10H2,(H2,19,23)(H,20,22)/t15-/m0/s1. The lowest BCUT2D eigenvalue weighted by molar-refractivity contribution is -0.125. The number of rotatable bonds is 4. The summed E-state index contributed by atoms with van der Waals surface area (Å²) in [5, 5.41) is 2.85. The Hall–Kier alpha value is -2.54. The Kier molecular flexibility index (Phi) is 4.71. The first-order chi connectivity index (χ1) is 11.5. The van der Waals surface area contributed by atoms with Crippen LogP contribution in [0.5, 0.6) is 5.75 Å². The highest BCUT2D eigenvalue weighted by Crippen LogP contribution is 2.33. The van der Waals surface area contributed by atoms with Gasteiger partial charge < -0.3 is 20.7 Å². The van der Waals surface area contributed by atoms with Gasteiger partial charge in [-0.1, -0.05) is 24.3 Å². The third kappa shape index (κ3) is 3.51. The number of nitrogens with zero attached hydrogens (tertiary/aromatic N) is 1. The molecular formula is C17H16BrN3O3. The van der Waals surface area contributed by atoms with E-state index in [1.54, 1.807) is 11.0 Å². The number of benzene rings is 2. The van der Waals surface area contributed by atoms with Gasteiger partial charge in [0.05, 0.1) is 24.5 Å². The van der Waals surface area contributed by atoms with E-state index in [0.29, 0.717) is 11.4 Å². The molecule has 2 aromatic rings. The lowest BCUT2D eigenvalue weighted by atomic mass is 10.1. The van der Waals surface area contributed by atoms with E-state index in [1.165, 1.54) is 0 Å². The van der Waals surface area contributed by atoms with E-state index in [-0.39, 0.29) is 19.0 Å². The van der Waals surface area contributed by atoms with Crippen LogP contribution >= 0.6 is 15.9 Å². The first-order valence-electron chi connectivity index (χ1n) is 7.39. The summed E-state index contributed by atoms with van der Waals surface area (Å²) in [5.41, 5.74) is 6.82. The number of hydrogen-bond donors (Lipinski definition) is 2. The van der Waals surface area contributed by atoms with Crippen molar-refractivity contribution in [3.63, 3.8) is 0 Å². The largest absolute Gasteiger partial charge is 0.477 e. The molecule has 0 radical (unpaired) electrons. The number of ether oxygens (including phenoxy) is 1. The number of carbonyl (C=O) groups excluding carboxylic acids is 2. The molecule has 24 heavy (non-hydrogen) atoms. The fraction of sp³-hybridized carbons (Fsp3) is 0.176. The summed E-state index contributed by atoms with van der Waals surface area (Å²) >= 11 is 3.39. The van der Waals surface area contributed by atoms with Crippen LogP contribution in [0.4, 0.5) is 11.4 Å². The van der Waals surface area contributed by atoms with Gasteiger partial charge in [0, 0.05) is 4.47 Å². The maximum atomic E-state index is 12.4. The number of para-hydroxylation sites is 3. The van der Waals surface area contributed by atoms with E-state index in [0.717, 1.165) is 10.2 Å². The Bertz CT molecular complexity index is 781. The van der Waals surface area contributed by atoms with Gasteiger partial charge in [0.1, 0.15) is 5.75 Å². The zero-order valence-corrected chi connectivity index (χ0v) is 14.3. The Morgan fingerprint density at radius 3 is 2.67 bits per heavy atom. The van der Waals surface area contributed by atoms with Crippen molar-refractivity contribution >= 4 is 39.1 Å². The molecule has 6 nitrogen and oxygen atoms in total. The Labute approximate surface area is 147 Å². The molecule has 0 aromatic heterocycles. The van der Waals surface area contributed by atoms with Crippen LogP contribution in [0.1, 0.15) is 0 Å². The second kappa shape index (κ2) is 6.92. The highest BCUT2D eigenvalue weighted by atomic mass is 79.9. The molecule has 7 heteroatoms. The normalized spacial score (nSPS) is 16.0. The Morgan fingerprint density at radius 2 is 1.92 bits per heavy atom. The third-order valence-corrected chi connectivity index (χ3v) is 4.35. The summed E-state index contributed by atoms with van der Waals surface area (Å²) in [6, 6.07) is 14.6. The zero-order chi connectivity index (χ0) is 17.1. The summed E-state index contributed by atoms with van der Waals surface area (Å²) in [5.74, 6) is -0.205. The summed E-state index contributed by atoms with van der Waals surface area (Å²) in [4.78, 5) is 25.7. The molecule has 0 unspecified atom stereocenters. The average Bonchev–Trinajstić information content (AvgIpc) is 2.56. The molecule has 0 saturated carbocycles. The van der Waals surface area contributed by atoms with E-state index in [4.69, 9.17) is 10.5 Å². The van der Waals surface area contributed by atoms with Crippen molar-refractivity contribution in [2.45, 2.75) is 6.10 Å². The smallest absolute Gasteiger partial charge is 0.260 e. The molecular weight excluding hydrogens is 374 g/mol. The highest BCUT2D eigenvalue weighted by molar-refractivity contribution is 9.10. The molecule has 0 fully saturated rings. The predicted octanol–water partition coefficient (Wildman–Crippen LogP) is 2.14. The fourth-order valence-corrected chi connectivity index (χ4v) is 2.91. The number of halogens is 1. The van der Waals surface area contributed by atoms with Gasteiger partial charge in [-0.05, 0) is 40.2 Å². The van der Waals surface area contributed by atoms with E-state index >= 15 is 0 Å². The Balaban J connectivity index is 1.77. The summed E-state index contributed by atoms with van der Waals surface area (Å²) in [6.45, 7) is 0.321. The minimum atomic E-state index is -0.781. The maximum Gasteiger partial charge on any atom is 0.260 e. The van der Waals surface area contributed by atoms with Crippen molar-refractivity contribution in [3.05, 3.63) is 53.0 Å². The summed E-state index contributed by atoms with van der Waals surface area (Å²) < 4.78 is 6.39. The molecule has 0 aliphatic carbocycles. The number of primary amides is 1. The second-order valence-electron chi connectivity index (χ2n) is 5.39. The second-order valence-corrected chi connectivity index (χ2v) is 6.24. The first-order valence-corrected chi connectivity index (χ1v) is 8.18. The van der Waals surface area contributed by atoms with Gasteiger partial charge in [0.2, 0.25) is 5.91 Å². The van der Waals surface area contributed by atoms with Crippen molar-refractivity contribution in [3.8, 4) is 5.75 Å². The van der Waals surface area contributed by atoms with Crippen molar-refractivity contribution in [1.29, 1.82) is 0 Å². The van der Waals surface area contributed by atoms with Crippen LogP contribution < -0.4 is 20.7 Å². The van der Waals surface area contributed by atoms with E-state index in [9.17, 15) is 9.59 Å². The molecule has 1 atom stereocenters. The SMILES string of the molecule is NC(=O)[C@@H]1CN(CC(=O)Nc2ccccc2Br)c2ccccc2O1. The van der Waals surface area contributed by atoms with Gasteiger partial charge in [0.15, 0.2) is 6.10 Å². The molecule has 1 aliphatic rings. The van der Waals surface area contributed by atoms with Gasteiger partial charge in [-0.3, -0.25) is 9.59 Å². The van der Waals surface area contributed by atoms with E-state index in [1.807, 2.05) is 42.5 Å². The van der Waals surface area contributed by atoms with Gasteiger partial charge in [-0.15, -0.1) is 0 Å². The highest BCUT2D eigenvalue weighted by Gasteiger charge is 2.30. The molecule has 3 rings (SSSR count). The molecule has 3 N–H and O–H groups in total. The molecule has 2 aromatic carbocycles. The van der Waals surface area contributed by atoms with Gasteiger partial charge in [0.25, 0.3) is 5.91 Å². The van der Waals surface area contributed by atoms with Crippen LogP contribution in [0.25, 0.3) is 0 Å². The number of anilines is 2. The zero-order valence-electron chi connectivity index (χ0n) is 12.7. The number of nitrogens with two attached hydrogens (primary N) is 1. The van der Waals surface area contributed by atoms with Gasteiger partial charge in [-0.25, -0.2) is 0 Å². The van der Waals surface area contributed by atoms with Crippen LogP contribution in [0, 0.1) is 0 Å². The number of hydrogen-bond acceptors (Lipinski definition) is 4. The molecule has 0 bridgehead atoms. The summed E-state index contributed by atoms with van der Waals surface area (Å²) in [6.07, 6.45) is -0.781. The van der Waals surface area contributed by atoms with Crippen molar-refractivity contribution in [2.24, 2.45) is 5.73 Å². The summed E-state index contributed by atoms with van der Waals surface area (Å²) in [7, 11) is 0. The van der Waals surface area contributed by atoms with Crippen LogP contribution in [0.15, 0.2) is 53.0 Å². The molecule has 1 aliphatic heterocycles. The lowest BCUT2D eigenvalue weighted by Gasteiger charge is -2.34. The van der Waals surface area contributed by atoms with E-state index < -0.39 is 12.0 Å². The molecule has 0 spiro atoms. The van der Waals surface area contributed by atoms with Gasteiger partial charge in [-0.2, -0.15) is 0 Å². The van der Waals surface area contributed by atoms with Crippen molar-refractivity contribution in [1.82, 2.24) is 0 Å². The number of carbonyl (C=O) groups is 2. The number of nitrogens with one attached hydrogen (secondary N) is 1.